The van der Waals surface area contributed by atoms with Crippen LogP contribution in [0.25, 0.3) is 0 Å². The maximum Gasteiger partial charge on any atom is 0.329 e. The van der Waals surface area contributed by atoms with Crippen LogP contribution >= 0.6 is 0 Å². The smallest absolute Gasteiger partial charge is 0.329 e. The van der Waals surface area contributed by atoms with Gasteiger partial charge in [0.2, 0.25) is 5.91 Å². The number of ether oxygens (including phenoxy) is 2. The lowest BCUT2D eigenvalue weighted by molar-refractivity contribution is -0.164. The van der Waals surface area contributed by atoms with Crippen molar-refractivity contribution < 1.29 is 29.0 Å². The molecule has 0 heterocycles. The summed E-state index contributed by atoms with van der Waals surface area (Å²) in [5.41, 5.74) is 1.31. The molecule has 0 bridgehead atoms. The molecule has 0 saturated heterocycles. The molecule has 1 saturated carbocycles. The predicted molar refractivity (Wildman–Crippen MR) is 210 cm³/mol. The summed E-state index contributed by atoms with van der Waals surface area (Å²) in [7, 11) is 0. The molecule has 1 aliphatic rings. The number of phenolic OH excluding ortho intramolecular Hbond substituents is 1. The summed E-state index contributed by atoms with van der Waals surface area (Å²) >= 11 is 0. The largest absolute Gasteiger partial charge is 0.508 e. The number of phenols is 1. The fraction of sp³-hybridized carbons (Fsp3) is 0.533. The van der Waals surface area contributed by atoms with E-state index in [0.29, 0.717) is 38.9 Å². The summed E-state index contributed by atoms with van der Waals surface area (Å²) in [6, 6.07) is 24.6. The molecule has 0 radical (unpaired) electrons. The van der Waals surface area contributed by atoms with E-state index in [2.05, 4.69) is 55.3 Å². The number of nitrogens with zero attached hydrogens (tertiary/aromatic N) is 1. The van der Waals surface area contributed by atoms with Gasteiger partial charge in [-0.25, -0.2) is 4.79 Å². The highest BCUT2D eigenvalue weighted by molar-refractivity contribution is 5.89. The van der Waals surface area contributed by atoms with Crippen LogP contribution < -0.4 is 5.32 Å². The summed E-state index contributed by atoms with van der Waals surface area (Å²) in [5, 5.41) is 13.5. The lowest BCUT2D eigenvalue weighted by Gasteiger charge is -2.36. The van der Waals surface area contributed by atoms with Crippen LogP contribution in [-0.2, 0) is 48.8 Å². The minimum atomic E-state index is -0.975. The molecule has 8 nitrogen and oxygen atoms in total. The molecule has 0 aromatic heterocycles. The number of benzene rings is 3. The molecule has 8 heteroatoms. The van der Waals surface area contributed by atoms with Gasteiger partial charge in [0, 0.05) is 26.1 Å². The van der Waals surface area contributed by atoms with Crippen molar-refractivity contribution in [2.24, 2.45) is 11.3 Å². The molecule has 0 aliphatic heterocycles. The summed E-state index contributed by atoms with van der Waals surface area (Å²) in [5.74, 6) is -1.55. The van der Waals surface area contributed by atoms with Crippen molar-refractivity contribution in [1.82, 2.24) is 10.2 Å². The van der Waals surface area contributed by atoms with Crippen LogP contribution in [0.1, 0.15) is 117 Å². The van der Waals surface area contributed by atoms with E-state index in [-0.39, 0.29) is 29.5 Å². The van der Waals surface area contributed by atoms with Crippen molar-refractivity contribution in [3.8, 4) is 5.75 Å². The van der Waals surface area contributed by atoms with Crippen molar-refractivity contribution in [2.75, 3.05) is 6.54 Å². The molecular weight excluding hydrogens is 665 g/mol. The molecule has 1 unspecified atom stereocenters. The van der Waals surface area contributed by atoms with E-state index < -0.39 is 34.5 Å². The minimum Gasteiger partial charge on any atom is -0.508 e. The van der Waals surface area contributed by atoms with Crippen molar-refractivity contribution in [2.45, 2.75) is 137 Å². The molecule has 53 heavy (non-hydrogen) atoms. The third-order valence-corrected chi connectivity index (χ3v) is 9.72. The van der Waals surface area contributed by atoms with E-state index in [4.69, 9.17) is 9.47 Å². The molecule has 1 aliphatic carbocycles. The van der Waals surface area contributed by atoms with Gasteiger partial charge in [-0.2, -0.15) is 0 Å². The van der Waals surface area contributed by atoms with E-state index >= 15 is 0 Å². The number of aromatic hydroxyl groups is 1. The Morgan fingerprint density at radius 1 is 0.755 bits per heavy atom. The second-order valence-corrected chi connectivity index (χ2v) is 17.9. The lowest BCUT2D eigenvalue weighted by atomic mass is 9.76. The van der Waals surface area contributed by atoms with Gasteiger partial charge in [0.05, 0.1) is 11.3 Å². The van der Waals surface area contributed by atoms with Gasteiger partial charge in [-0.15, -0.1) is 0 Å². The van der Waals surface area contributed by atoms with Gasteiger partial charge >= 0.3 is 11.9 Å². The topological polar surface area (TPSA) is 105 Å². The number of nitrogens with one attached hydrogen (secondary N) is 1. The molecule has 1 fully saturated rings. The third-order valence-electron chi connectivity index (χ3n) is 9.72. The summed E-state index contributed by atoms with van der Waals surface area (Å²) < 4.78 is 11.9. The molecule has 3 aromatic rings. The predicted octanol–water partition coefficient (Wildman–Crippen LogP) is 8.67. The van der Waals surface area contributed by atoms with Gasteiger partial charge in [0.1, 0.15) is 23.0 Å². The van der Waals surface area contributed by atoms with Gasteiger partial charge in [0.25, 0.3) is 0 Å². The Morgan fingerprint density at radius 3 is 1.75 bits per heavy atom. The lowest BCUT2D eigenvalue weighted by Crippen LogP contribution is -2.52. The van der Waals surface area contributed by atoms with Gasteiger partial charge in [-0.1, -0.05) is 100 Å². The first kappa shape index (κ1) is 41.6. The zero-order chi connectivity index (χ0) is 39.0. The Balaban J connectivity index is 1.69. The number of rotatable bonds is 14. The molecule has 3 aromatic carbocycles. The van der Waals surface area contributed by atoms with Crippen molar-refractivity contribution in [3.63, 3.8) is 0 Å². The van der Waals surface area contributed by atoms with Crippen LogP contribution in [0.4, 0.5) is 0 Å². The third kappa shape index (κ3) is 12.7. The Bertz CT molecular complexity index is 1620. The SMILES string of the molecule is CC(C)(C)OC(=O)C(CN(Cc1ccccc1)Cc1ccccc1)CC1(C(=O)N[C@@H](Cc2ccc(O)cc2C(C)(C)C)C(=O)OC(C)(C)C)CCCC1. The number of hydrogen-bond donors (Lipinski definition) is 2. The first-order valence-electron chi connectivity index (χ1n) is 19.1. The zero-order valence-electron chi connectivity index (χ0n) is 33.5. The van der Waals surface area contributed by atoms with Crippen LogP contribution in [0.5, 0.6) is 5.75 Å². The molecule has 2 N–H and O–H groups in total. The van der Waals surface area contributed by atoms with Crippen LogP contribution in [0.3, 0.4) is 0 Å². The monoisotopic (exact) mass is 726 g/mol. The van der Waals surface area contributed by atoms with E-state index in [1.165, 1.54) is 0 Å². The minimum absolute atomic E-state index is 0.142. The maximum absolute atomic E-state index is 14.8. The van der Waals surface area contributed by atoms with Gasteiger partial charge < -0.3 is 19.9 Å². The zero-order valence-corrected chi connectivity index (χ0v) is 33.5. The van der Waals surface area contributed by atoms with Crippen LogP contribution in [0.2, 0.25) is 0 Å². The van der Waals surface area contributed by atoms with Crippen molar-refractivity contribution >= 4 is 17.8 Å². The molecule has 2 atom stereocenters. The van der Waals surface area contributed by atoms with Crippen molar-refractivity contribution in [1.29, 1.82) is 0 Å². The Kier molecular flexibility index (Phi) is 13.6. The van der Waals surface area contributed by atoms with Crippen LogP contribution in [0, 0.1) is 11.3 Å². The normalized spacial score (nSPS) is 15.8. The van der Waals surface area contributed by atoms with Crippen LogP contribution in [-0.4, -0.2) is 51.6 Å². The number of esters is 2. The maximum atomic E-state index is 14.8. The van der Waals surface area contributed by atoms with E-state index in [1.54, 1.807) is 12.1 Å². The fourth-order valence-electron chi connectivity index (χ4n) is 7.37. The van der Waals surface area contributed by atoms with Crippen molar-refractivity contribution in [3.05, 3.63) is 101 Å². The average molecular weight is 727 g/mol. The van der Waals surface area contributed by atoms with Gasteiger partial charge in [-0.05, 0) is 101 Å². The quantitative estimate of drug-likeness (QED) is 0.160. The van der Waals surface area contributed by atoms with E-state index in [1.807, 2.05) is 84.0 Å². The molecule has 288 valence electrons. The van der Waals surface area contributed by atoms with E-state index in [9.17, 15) is 19.5 Å². The first-order chi connectivity index (χ1) is 24.7. The Hall–Kier alpha value is -4.17. The number of carbonyl (C=O) groups is 3. The summed E-state index contributed by atoms with van der Waals surface area (Å²) in [4.78, 5) is 45.0. The Labute approximate surface area is 317 Å². The van der Waals surface area contributed by atoms with Gasteiger partial charge in [0.15, 0.2) is 0 Å². The summed E-state index contributed by atoms with van der Waals surface area (Å²) in [6.45, 7) is 18.8. The second-order valence-electron chi connectivity index (χ2n) is 17.9. The molecule has 4 rings (SSSR count). The number of carbonyl (C=O) groups excluding carboxylic acids is 3. The molecule has 0 spiro atoms. The fourth-order valence-corrected chi connectivity index (χ4v) is 7.37. The molecular formula is C45H62N2O6. The van der Waals surface area contributed by atoms with Crippen LogP contribution in [0.15, 0.2) is 78.9 Å². The molecule has 1 amide bonds. The Morgan fingerprint density at radius 2 is 1.26 bits per heavy atom. The standard InChI is InChI=1S/C45H62N2O6/c1-42(2,3)37-27-36(48)23-22-34(37)26-38(40(50)53-44(7,8)9)46-41(51)45(24-16-17-25-45)28-35(39(49)52-43(4,5)6)31-47(29-32-18-12-10-13-19-32)30-33-20-14-11-15-21-33/h10-15,18-23,27,35,38,48H,16-17,24-26,28-31H2,1-9H3,(H,46,51)/t35?,38-/m0/s1. The number of hydrogen-bond acceptors (Lipinski definition) is 7. The highest BCUT2D eigenvalue weighted by atomic mass is 16.6. The van der Waals surface area contributed by atoms with Gasteiger partial charge in [-0.3, -0.25) is 14.5 Å². The first-order valence-corrected chi connectivity index (χ1v) is 19.1. The average Bonchev–Trinajstić information content (AvgIpc) is 3.53. The van der Waals surface area contributed by atoms with E-state index in [0.717, 1.165) is 35.1 Å². The highest BCUT2D eigenvalue weighted by Gasteiger charge is 2.46. The summed E-state index contributed by atoms with van der Waals surface area (Å²) in [6.07, 6.45) is 3.37. The number of amides is 1. The second kappa shape index (κ2) is 17.3. The highest BCUT2D eigenvalue weighted by Crippen LogP contribution is 2.44.